The van der Waals surface area contributed by atoms with E-state index in [9.17, 15) is 14.0 Å². The number of anilines is 2. The Labute approximate surface area is 229 Å². The SMILES string of the molecule is CCC1=C(c2ccc(F)c(NC(=O)c3ccc(C(C)(C)C)cc3)c2)C=C(Nc2cc(C)n(C)n2)C(=O)N(C)C1. The van der Waals surface area contributed by atoms with Crippen LogP contribution in [0.15, 0.2) is 65.9 Å². The maximum absolute atomic E-state index is 14.9. The molecule has 1 aromatic heterocycles. The van der Waals surface area contributed by atoms with Crippen molar-refractivity contribution < 1.29 is 14.0 Å². The Balaban J connectivity index is 1.68. The minimum atomic E-state index is -0.537. The van der Waals surface area contributed by atoms with Crippen LogP contribution in [0.3, 0.4) is 0 Å². The second kappa shape index (κ2) is 10.9. The number of nitrogens with zero attached hydrogens (tertiary/aromatic N) is 3. The Morgan fingerprint density at radius 1 is 1.08 bits per heavy atom. The smallest absolute Gasteiger partial charge is 0.270 e. The number of benzene rings is 2. The number of carbonyl (C=O) groups excluding carboxylic acids is 2. The number of aromatic nitrogens is 2. The van der Waals surface area contributed by atoms with Crippen LogP contribution in [0.5, 0.6) is 0 Å². The highest BCUT2D eigenvalue weighted by molar-refractivity contribution is 6.05. The maximum Gasteiger partial charge on any atom is 0.270 e. The Bertz CT molecular complexity index is 1460. The van der Waals surface area contributed by atoms with E-state index >= 15 is 0 Å². The van der Waals surface area contributed by atoms with Gasteiger partial charge in [-0.1, -0.05) is 45.9 Å². The fraction of sp³-hybridized carbons (Fsp3) is 0.323. The van der Waals surface area contributed by atoms with Crippen molar-refractivity contribution >= 4 is 28.9 Å². The lowest BCUT2D eigenvalue weighted by atomic mass is 9.86. The lowest BCUT2D eigenvalue weighted by Gasteiger charge is -2.19. The van der Waals surface area contributed by atoms with E-state index in [4.69, 9.17) is 0 Å². The summed E-state index contributed by atoms with van der Waals surface area (Å²) < 4.78 is 16.6. The monoisotopic (exact) mass is 529 g/mol. The van der Waals surface area contributed by atoms with Gasteiger partial charge in [-0.3, -0.25) is 14.3 Å². The van der Waals surface area contributed by atoms with Crippen LogP contribution in [0, 0.1) is 12.7 Å². The number of carbonyl (C=O) groups is 2. The molecule has 7 nitrogen and oxygen atoms in total. The molecule has 2 amide bonds. The highest BCUT2D eigenvalue weighted by Gasteiger charge is 2.24. The second-order valence-corrected chi connectivity index (χ2v) is 11.0. The molecule has 4 rings (SSSR count). The van der Waals surface area contributed by atoms with Crippen LogP contribution < -0.4 is 10.6 Å². The van der Waals surface area contributed by atoms with Gasteiger partial charge in [-0.15, -0.1) is 0 Å². The summed E-state index contributed by atoms with van der Waals surface area (Å²) in [5.41, 5.74) is 5.42. The number of likely N-dealkylation sites (N-methyl/N-ethyl adjacent to an activating group) is 1. The number of rotatable bonds is 6. The molecule has 8 heteroatoms. The summed E-state index contributed by atoms with van der Waals surface area (Å²) in [7, 11) is 3.59. The van der Waals surface area contributed by atoms with Gasteiger partial charge >= 0.3 is 0 Å². The number of aryl methyl sites for hydroxylation is 2. The molecule has 0 bridgehead atoms. The summed E-state index contributed by atoms with van der Waals surface area (Å²) in [6, 6.07) is 13.8. The predicted octanol–water partition coefficient (Wildman–Crippen LogP) is 6.05. The van der Waals surface area contributed by atoms with E-state index in [1.54, 1.807) is 47.0 Å². The first-order valence-corrected chi connectivity index (χ1v) is 13.1. The zero-order chi connectivity index (χ0) is 28.5. The molecule has 2 N–H and O–H groups in total. The molecule has 0 fully saturated rings. The van der Waals surface area contributed by atoms with E-state index in [-0.39, 0.29) is 17.0 Å². The fourth-order valence-corrected chi connectivity index (χ4v) is 4.50. The largest absolute Gasteiger partial charge is 0.336 e. The van der Waals surface area contributed by atoms with Crippen molar-refractivity contribution in [3.8, 4) is 0 Å². The molecule has 0 spiro atoms. The molecule has 0 radical (unpaired) electrons. The molecule has 39 heavy (non-hydrogen) atoms. The Hall–Kier alpha value is -4.20. The van der Waals surface area contributed by atoms with E-state index < -0.39 is 11.7 Å². The van der Waals surface area contributed by atoms with Crippen LogP contribution in [0.25, 0.3) is 5.57 Å². The summed E-state index contributed by atoms with van der Waals surface area (Å²) in [5.74, 6) is -0.541. The number of hydrogen-bond acceptors (Lipinski definition) is 4. The molecule has 0 unspecified atom stereocenters. The highest BCUT2D eigenvalue weighted by Crippen LogP contribution is 2.31. The fourth-order valence-electron chi connectivity index (χ4n) is 4.50. The van der Waals surface area contributed by atoms with Crippen LogP contribution in [-0.2, 0) is 17.3 Å². The van der Waals surface area contributed by atoms with Gasteiger partial charge in [0.05, 0.1) is 5.69 Å². The molecule has 2 heterocycles. The molecule has 0 saturated heterocycles. The third-order valence-electron chi connectivity index (χ3n) is 7.02. The van der Waals surface area contributed by atoms with Crippen LogP contribution in [0.2, 0.25) is 0 Å². The van der Waals surface area contributed by atoms with Gasteiger partial charge in [-0.05, 0) is 71.4 Å². The van der Waals surface area contributed by atoms with Crippen LogP contribution in [0.1, 0.15) is 61.3 Å². The van der Waals surface area contributed by atoms with Gasteiger partial charge in [0.2, 0.25) is 0 Å². The van der Waals surface area contributed by atoms with E-state index in [0.29, 0.717) is 35.6 Å². The zero-order valence-electron chi connectivity index (χ0n) is 23.6. The van der Waals surface area contributed by atoms with Crippen LogP contribution >= 0.6 is 0 Å². The van der Waals surface area contributed by atoms with E-state index in [1.807, 2.05) is 39.1 Å². The van der Waals surface area contributed by atoms with Gasteiger partial charge in [0, 0.05) is 38.0 Å². The van der Waals surface area contributed by atoms with Gasteiger partial charge < -0.3 is 15.5 Å². The molecule has 0 saturated carbocycles. The molecular weight excluding hydrogens is 493 g/mol. The third-order valence-corrected chi connectivity index (χ3v) is 7.02. The number of nitrogens with one attached hydrogen (secondary N) is 2. The first-order chi connectivity index (χ1) is 18.4. The number of halogens is 1. The second-order valence-electron chi connectivity index (χ2n) is 11.0. The van der Waals surface area contributed by atoms with Crippen molar-refractivity contribution in [2.24, 2.45) is 7.05 Å². The Morgan fingerprint density at radius 2 is 1.77 bits per heavy atom. The number of hydrogen-bond donors (Lipinski definition) is 2. The third kappa shape index (κ3) is 6.11. The lowest BCUT2D eigenvalue weighted by molar-refractivity contribution is -0.125. The van der Waals surface area contributed by atoms with Crippen molar-refractivity contribution in [3.05, 3.63) is 94.1 Å². The van der Waals surface area contributed by atoms with Gasteiger partial charge in [-0.2, -0.15) is 5.10 Å². The molecule has 1 aliphatic heterocycles. The molecule has 204 valence electrons. The quantitative estimate of drug-likeness (QED) is 0.408. The predicted molar refractivity (Wildman–Crippen MR) is 154 cm³/mol. The minimum absolute atomic E-state index is 0.0368. The van der Waals surface area contributed by atoms with Crippen molar-refractivity contribution in [1.82, 2.24) is 14.7 Å². The van der Waals surface area contributed by atoms with Crippen molar-refractivity contribution in [1.29, 1.82) is 0 Å². The number of allylic oxidation sites excluding steroid dienone is 2. The van der Waals surface area contributed by atoms with Gasteiger partial charge in [0.1, 0.15) is 11.5 Å². The first kappa shape index (κ1) is 27.8. The summed E-state index contributed by atoms with van der Waals surface area (Å²) in [5, 5.41) is 10.3. The summed E-state index contributed by atoms with van der Waals surface area (Å²) >= 11 is 0. The van der Waals surface area contributed by atoms with E-state index in [0.717, 1.165) is 22.4 Å². The number of amides is 2. The topological polar surface area (TPSA) is 79.3 Å². The molecule has 1 aliphatic rings. The highest BCUT2D eigenvalue weighted by atomic mass is 19.1. The summed E-state index contributed by atoms with van der Waals surface area (Å²) in [6.45, 7) is 10.7. The first-order valence-electron chi connectivity index (χ1n) is 13.1. The van der Waals surface area contributed by atoms with Crippen molar-refractivity contribution in [3.63, 3.8) is 0 Å². The molecule has 2 aromatic carbocycles. The Morgan fingerprint density at radius 3 is 2.36 bits per heavy atom. The van der Waals surface area contributed by atoms with Crippen LogP contribution in [-0.4, -0.2) is 40.1 Å². The maximum atomic E-state index is 14.9. The van der Waals surface area contributed by atoms with Gasteiger partial charge in [-0.25, -0.2) is 4.39 Å². The van der Waals surface area contributed by atoms with Crippen LogP contribution in [0.4, 0.5) is 15.9 Å². The molecular formula is C31H36FN5O2. The zero-order valence-corrected chi connectivity index (χ0v) is 23.6. The van der Waals surface area contributed by atoms with E-state index in [2.05, 4.69) is 36.5 Å². The summed E-state index contributed by atoms with van der Waals surface area (Å²) in [4.78, 5) is 27.8. The van der Waals surface area contributed by atoms with Crippen molar-refractivity contribution in [2.45, 2.75) is 46.5 Å². The van der Waals surface area contributed by atoms with E-state index in [1.165, 1.54) is 6.07 Å². The standard InChI is InChI=1S/C31H36FN5O2/c1-8-20-18-36(6)30(39)27(33-28-15-19(2)37(7)35-28)17-24(20)22-11-14-25(32)26(16-22)34-29(38)21-9-12-23(13-10-21)31(3,4)5/h9-17H,8,18H2,1-7H3,(H,33,35)(H,34,38). The summed E-state index contributed by atoms with van der Waals surface area (Å²) in [6.07, 6.45) is 2.48. The lowest BCUT2D eigenvalue weighted by Crippen LogP contribution is -2.31. The van der Waals surface area contributed by atoms with Gasteiger partial charge in [0.15, 0.2) is 5.82 Å². The van der Waals surface area contributed by atoms with Gasteiger partial charge in [0.25, 0.3) is 11.8 Å². The molecule has 0 aliphatic carbocycles. The normalized spacial score (nSPS) is 14.3. The molecule has 3 aromatic rings. The van der Waals surface area contributed by atoms with Crippen molar-refractivity contribution in [2.75, 3.05) is 24.2 Å². The Kier molecular flexibility index (Phi) is 7.77. The minimum Gasteiger partial charge on any atom is -0.336 e. The average molecular weight is 530 g/mol. The average Bonchev–Trinajstić information content (AvgIpc) is 3.15. The molecule has 0 atom stereocenters.